The number of nitrogens with zero attached hydrogens (tertiary/aromatic N) is 2. The summed E-state index contributed by atoms with van der Waals surface area (Å²) in [7, 11) is 0. The van der Waals surface area contributed by atoms with Crippen molar-refractivity contribution in [2.75, 3.05) is 12.3 Å². The number of thioether (sulfide) groups is 1. The van der Waals surface area contributed by atoms with E-state index in [4.69, 9.17) is 10.7 Å². The van der Waals surface area contributed by atoms with Crippen LogP contribution in [-0.2, 0) is 18.6 Å². The monoisotopic (exact) mass is 279 g/mol. The van der Waals surface area contributed by atoms with Gasteiger partial charge in [-0.3, -0.25) is 0 Å². The van der Waals surface area contributed by atoms with E-state index in [0.29, 0.717) is 5.92 Å². The van der Waals surface area contributed by atoms with Crippen molar-refractivity contribution in [3.05, 3.63) is 22.8 Å². The van der Waals surface area contributed by atoms with Gasteiger partial charge in [0.1, 0.15) is 5.82 Å². The quantitative estimate of drug-likeness (QED) is 0.900. The first-order chi connectivity index (χ1) is 9.10. The van der Waals surface area contributed by atoms with Crippen molar-refractivity contribution in [1.82, 2.24) is 9.97 Å². The van der Waals surface area contributed by atoms with Gasteiger partial charge in [-0.1, -0.05) is 13.8 Å². The highest BCUT2D eigenvalue weighted by Gasteiger charge is 2.21. The third-order valence-electron chi connectivity index (χ3n) is 3.64. The Kier molecular flexibility index (Phi) is 5.22. The number of hydrogen-bond donors (Lipinski definition) is 1. The maximum Gasteiger partial charge on any atom is 0.138 e. The fourth-order valence-corrected chi connectivity index (χ4v) is 3.47. The first kappa shape index (κ1) is 14.8. The Balaban J connectivity index is 2.07. The van der Waals surface area contributed by atoms with Crippen molar-refractivity contribution in [1.29, 1.82) is 0 Å². The zero-order valence-corrected chi connectivity index (χ0v) is 13.1. The van der Waals surface area contributed by atoms with Crippen molar-refractivity contribution in [2.24, 2.45) is 17.6 Å². The lowest BCUT2D eigenvalue weighted by Gasteiger charge is -2.24. The second kappa shape index (κ2) is 6.71. The summed E-state index contributed by atoms with van der Waals surface area (Å²) in [6, 6.07) is 0. The van der Waals surface area contributed by atoms with Crippen LogP contribution in [0.3, 0.4) is 0 Å². The van der Waals surface area contributed by atoms with Gasteiger partial charge in [-0.25, -0.2) is 9.97 Å². The average Bonchev–Trinajstić information content (AvgIpc) is 2.38. The van der Waals surface area contributed by atoms with Gasteiger partial charge in [0.2, 0.25) is 0 Å². The summed E-state index contributed by atoms with van der Waals surface area (Å²) in [6.45, 7) is 7.40. The lowest BCUT2D eigenvalue weighted by molar-refractivity contribution is 0.458. The van der Waals surface area contributed by atoms with E-state index >= 15 is 0 Å². The molecule has 106 valence electrons. The fraction of sp³-hybridized carbons (Fsp3) is 0.733. The molecule has 0 fully saturated rings. The van der Waals surface area contributed by atoms with Gasteiger partial charge >= 0.3 is 0 Å². The van der Waals surface area contributed by atoms with Gasteiger partial charge < -0.3 is 5.73 Å². The second-order valence-corrected chi connectivity index (χ2v) is 6.93. The van der Waals surface area contributed by atoms with Crippen LogP contribution in [0.25, 0.3) is 0 Å². The first-order valence-corrected chi connectivity index (χ1v) is 8.38. The molecule has 2 rings (SSSR count). The molecule has 0 aromatic carbocycles. The predicted molar refractivity (Wildman–Crippen MR) is 82.3 cm³/mol. The molecule has 1 heterocycles. The number of aromatic nitrogens is 2. The third kappa shape index (κ3) is 3.93. The highest BCUT2D eigenvalue weighted by Crippen LogP contribution is 2.26. The third-order valence-corrected chi connectivity index (χ3v) is 5.01. The van der Waals surface area contributed by atoms with Crippen molar-refractivity contribution in [3.8, 4) is 0 Å². The van der Waals surface area contributed by atoms with Crippen LogP contribution < -0.4 is 5.73 Å². The largest absolute Gasteiger partial charge is 0.330 e. The Morgan fingerprint density at radius 1 is 1.37 bits per heavy atom. The van der Waals surface area contributed by atoms with E-state index in [2.05, 4.69) is 25.8 Å². The molecular formula is C15H25N3S. The zero-order valence-electron chi connectivity index (χ0n) is 12.3. The average molecular weight is 279 g/mol. The number of aryl methyl sites for hydroxylation is 2. The summed E-state index contributed by atoms with van der Waals surface area (Å²) in [5.74, 6) is 4.47. The minimum Gasteiger partial charge on any atom is -0.330 e. The van der Waals surface area contributed by atoms with Gasteiger partial charge in [0.15, 0.2) is 0 Å². The van der Waals surface area contributed by atoms with E-state index in [1.165, 1.54) is 29.1 Å². The topological polar surface area (TPSA) is 51.8 Å². The molecule has 1 aliphatic rings. The second-order valence-electron chi connectivity index (χ2n) is 5.90. The summed E-state index contributed by atoms with van der Waals surface area (Å²) in [5.41, 5.74) is 9.60. The number of nitrogens with two attached hydrogens (primary N) is 1. The van der Waals surface area contributed by atoms with E-state index in [9.17, 15) is 0 Å². The molecule has 1 unspecified atom stereocenters. The molecule has 1 aliphatic carbocycles. The zero-order chi connectivity index (χ0) is 13.8. The van der Waals surface area contributed by atoms with Crippen LogP contribution in [-0.4, -0.2) is 22.3 Å². The van der Waals surface area contributed by atoms with Crippen LogP contribution >= 0.6 is 11.8 Å². The van der Waals surface area contributed by atoms with Gasteiger partial charge in [-0.2, -0.15) is 11.8 Å². The Morgan fingerprint density at radius 2 is 2.16 bits per heavy atom. The fourth-order valence-electron chi connectivity index (χ4n) is 2.57. The number of hydrogen-bond acceptors (Lipinski definition) is 4. The van der Waals surface area contributed by atoms with Gasteiger partial charge in [0.25, 0.3) is 0 Å². The van der Waals surface area contributed by atoms with Gasteiger partial charge in [-0.05, 0) is 55.9 Å². The molecule has 1 atom stereocenters. The van der Waals surface area contributed by atoms with E-state index in [1.54, 1.807) is 0 Å². The Bertz CT molecular complexity index is 432. The molecule has 0 saturated heterocycles. The highest BCUT2D eigenvalue weighted by molar-refractivity contribution is 7.98. The summed E-state index contributed by atoms with van der Waals surface area (Å²) >= 11 is 1.93. The molecule has 4 heteroatoms. The smallest absolute Gasteiger partial charge is 0.138 e. The molecule has 1 aromatic heterocycles. The molecule has 2 N–H and O–H groups in total. The van der Waals surface area contributed by atoms with E-state index in [-0.39, 0.29) is 0 Å². The van der Waals surface area contributed by atoms with Crippen LogP contribution in [0.1, 0.15) is 43.0 Å². The van der Waals surface area contributed by atoms with E-state index in [1.807, 2.05) is 11.8 Å². The Labute approximate surface area is 120 Å². The molecular weight excluding hydrogens is 254 g/mol. The van der Waals surface area contributed by atoms with E-state index < -0.39 is 0 Å². The molecule has 3 nitrogen and oxygen atoms in total. The van der Waals surface area contributed by atoms with Crippen LogP contribution in [0.5, 0.6) is 0 Å². The minimum atomic E-state index is 0.621. The lowest BCUT2D eigenvalue weighted by atomic mass is 9.86. The van der Waals surface area contributed by atoms with E-state index in [0.717, 1.165) is 36.9 Å². The van der Waals surface area contributed by atoms with Crippen LogP contribution in [0.4, 0.5) is 0 Å². The summed E-state index contributed by atoms with van der Waals surface area (Å²) in [6.07, 6.45) is 3.32. The standard InChI is InChI=1S/C15H25N3S/c1-10(2)8-19-9-15-17-11(3)13-6-12(7-16)4-5-14(13)18-15/h10,12H,4-9,16H2,1-3H3. The first-order valence-electron chi connectivity index (χ1n) is 7.23. The summed E-state index contributed by atoms with van der Waals surface area (Å²) < 4.78 is 0. The molecule has 0 saturated carbocycles. The van der Waals surface area contributed by atoms with Crippen molar-refractivity contribution in [3.63, 3.8) is 0 Å². The van der Waals surface area contributed by atoms with Gasteiger partial charge in [0, 0.05) is 11.4 Å². The predicted octanol–water partition coefficient (Wildman–Crippen LogP) is 2.74. The number of fused-ring (bicyclic) bond motifs is 1. The Morgan fingerprint density at radius 3 is 2.84 bits per heavy atom. The van der Waals surface area contributed by atoms with Crippen molar-refractivity contribution < 1.29 is 0 Å². The number of rotatable bonds is 5. The normalized spacial score (nSPS) is 18.7. The summed E-state index contributed by atoms with van der Waals surface area (Å²) in [5, 5.41) is 0. The van der Waals surface area contributed by atoms with Crippen LogP contribution in [0, 0.1) is 18.8 Å². The maximum atomic E-state index is 5.79. The lowest BCUT2D eigenvalue weighted by Crippen LogP contribution is -2.24. The molecule has 0 aliphatic heterocycles. The van der Waals surface area contributed by atoms with Crippen LogP contribution in [0.15, 0.2) is 0 Å². The minimum absolute atomic E-state index is 0.621. The molecule has 19 heavy (non-hydrogen) atoms. The molecule has 0 spiro atoms. The Hall–Kier alpha value is -0.610. The highest BCUT2D eigenvalue weighted by atomic mass is 32.2. The van der Waals surface area contributed by atoms with Gasteiger partial charge in [-0.15, -0.1) is 0 Å². The van der Waals surface area contributed by atoms with Gasteiger partial charge in [0.05, 0.1) is 5.75 Å². The SMILES string of the molecule is Cc1nc(CSCC(C)C)nc2c1CC(CN)CC2. The van der Waals surface area contributed by atoms with Crippen molar-refractivity contribution >= 4 is 11.8 Å². The molecule has 0 bridgehead atoms. The van der Waals surface area contributed by atoms with Crippen LogP contribution in [0.2, 0.25) is 0 Å². The van der Waals surface area contributed by atoms with Crippen molar-refractivity contribution in [2.45, 2.75) is 45.8 Å². The summed E-state index contributed by atoms with van der Waals surface area (Å²) in [4.78, 5) is 9.45. The molecule has 1 aromatic rings. The molecule has 0 amide bonds. The molecule has 0 radical (unpaired) electrons. The maximum absolute atomic E-state index is 5.79.